The van der Waals surface area contributed by atoms with E-state index in [-0.39, 0.29) is 6.61 Å². The van der Waals surface area contributed by atoms with Crippen LogP contribution < -0.4 is 11.1 Å². The molecular weight excluding hydrogens is 199 g/mol. The first kappa shape index (κ1) is 12.5. The molecule has 0 aromatic carbocycles. The van der Waals surface area contributed by atoms with Gasteiger partial charge in [-0.15, -0.1) is 0 Å². The van der Waals surface area contributed by atoms with Gasteiger partial charge in [0, 0.05) is 14.2 Å². The summed E-state index contributed by atoms with van der Waals surface area (Å²) in [6, 6.07) is -0.986. The molecule has 0 aromatic heterocycles. The molecule has 0 aliphatic heterocycles. The SMILES string of the molecule is CNC(=O)[C@@H](N)COP(=O)(O)OC. The third kappa shape index (κ3) is 4.97. The van der Waals surface area contributed by atoms with Crippen LogP contribution in [-0.4, -0.2) is 37.6 Å². The Morgan fingerprint density at radius 2 is 2.31 bits per heavy atom. The topological polar surface area (TPSA) is 111 Å². The minimum atomic E-state index is -4.04. The third-order valence-electron chi connectivity index (χ3n) is 1.23. The molecule has 2 atom stereocenters. The summed E-state index contributed by atoms with van der Waals surface area (Å²) in [7, 11) is -1.62. The number of carbonyl (C=O) groups excluding carboxylic acids is 1. The van der Waals surface area contributed by atoms with Gasteiger partial charge < -0.3 is 15.9 Å². The second kappa shape index (κ2) is 5.31. The first-order chi connectivity index (χ1) is 5.93. The van der Waals surface area contributed by atoms with Crippen LogP contribution in [0.2, 0.25) is 0 Å². The lowest BCUT2D eigenvalue weighted by molar-refractivity contribution is -0.122. The first-order valence-corrected chi connectivity index (χ1v) is 4.92. The molecule has 0 bridgehead atoms. The Labute approximate surface area is 75.8 Å². The van der Waals surface area contributed by atoms with Crippen LogP contribution in [-0.2, 0) is 18.4 Å². The average Bonchev–Trinajstić information content (AvgIpc) is 2.13. The molecule has 7 nitrogen and oxygen atoms in total. The Kier molecular flexibility index (Phi) is 5.12. The zero-order valence-electron chi connectivity index (χ0n) is 7.39. The Balaban J connectivity index is 3.89. The van der Waals surface area contributed by atoms with E-state index in [1.165, 1.54) is 7.05 Å². The number of nitrogens with one attached hydrogen (secondary N) is 1. The van der Waals surface area contributed by atoms with Crippen molar-refractivity contribution in [1.82, 2.24) is 5.32 Å². The molecule has 0 aliphatic rings. The molecule has 0 saturated carbocycles. The number of hydrogen-bond acceptors (Lipinski definition) is 5. The van der Waals surface area contributed by atoms with E-state index in [0.717, 1.165) is 7.11 Å². The molecule has 1 unspecified atom stereocenters. The summed E-state index contributed by atoms with van der Waals surface area (Å²) in [5.74, 6) is -0.476. The van der Waals surface area contributed by atoms with E-state index in [9.17, 15) is 9.36 Å². The number of rotatable bonds is 5. The highest BCUT2D eigenvalue weighted by molar-refractivity contribution is 7.47. The van der Waals surface area contributed by atoms with Gasteiger partial charge in [0.1, 0.15) is 6.04 Å². The highest BCUT2D eigenvalue weighted by Gasteiger charge is 2.22. The summed E-state index contributed by atoms with van der Waals surface area (Å²) >= 11 is 0. The van der Waals surface area contributed by atoms with E-state index in [0.29, 0.717) is 0 Å². The summed E-state index contributed by atoms with van der Waals surface area (Å²) in [4.78, 5) is 19.5. The fraction of sp³-hybridized carbons (Fsp3) is 0.800. The Morgan fingerprint density at radius 3 is 2.69 bits per heavy atom. The normalized spacial score (nSPS) is 17.5. The lowest BCUT2D eigenvalue weighted by Crippen LogP contribution is -2.41. The number of hydrogen-bond donors (Lipinski definition) is 3. The maximum Gasteiger partial charge on any atom is 0.471 e. The summed E-state index contributed by atoms with van der Waals surface area (Å²) in [6.45, 7) is -0.374. The van der Waals surface area contributed by atoms with Crippen molar-refractivity contribution >= 4 is 13.7 Å². The van der Waals surface area contributed by atoms with Crippen LogP contribution in [0.5, 0.6) is 0 Å². The van der Waals surface area contributed by atoms with Gasteiger partial charge in [0.05, 0.1) is 6.61 Å². The van der Waals surface area contributed by atoms with E-state index in [1.807, 2.05) is 0 Å². The van der Waals surface area contributed by atoms with Gasteiger partial charge in [-0.1, -0.05) is 0 Å². The zero-order chi connectivity index (χ0) is 10.5. The number of amides is 1. The molecule has 4 N–H and O–H groups in total. The van der Waals surface area contributed by atoms with Crippen molar-refractivity contribution in [2.24, 2.45) is 5.73 Å². The first-order valence-electron chi connectivity index (χ1n) is 3.43. The molecule has 0 aliphatic carbocycles. The predicted molar refractivity (Wildman–Crippen MR) is 44.8 cm³/mol. The summed E-state index contributed by atoms with van der Waals surface area (Å²) in [6.07, 6.45) is 0. The van der Waals surface area contributed by atoms with Gasteiger partial charge in [-0.3, -0.25) is 13.8 Å². The van der Waals surface area contributed by atoms with Gasteiger partial charge in [0.25, 0.3) is 0 Å². The lowest BCUT2D eigenvalue weighted by atomic mass is 10.3. The largest absolute Gasteiger partial charge is 0.471 e. The maximum absolute atomic E-state index is 10.8. The van der Waals surface area contributed by atoms with Crippen molar-refractivity contribution in [3.8, 4) is 0 Å². The molecule has 0 aromatic rings. The minimum absolute atomic E-state index is 0.374. The smallest absolute Gasteiger partial charge is 0.358 e. The van der Waals surface area contributed by atoms with Crippen molar-refractivity contribution < 1.29 is 23.3 Å². The number of phosphoric acid groups is 1. The fourth-order valence-corrected chi connectivity index (χ4v) is 0.943. The fourth-order valence-electron chi connectivity index (χ4n) is 0.488. The van der Waals surface area contributed by atoms with Gasteiger partial charge in [0.2, 0.25) is 5.91 Å². The van der Waals surface area contributed by atoms with Crippen LogP contribution in [0, 0.1) is 0 Å². The molecule has 13 heavy (non-hydrogen) atoms. The summed E-state index contributed by atoms with van der Waals surface area (Å²) in [5.41, 5.74) is 5.26. The molecule has 8 heteroatoms. The molecule has 0 fully saturated rings. The van der Waals surface area contributed by atoms with Crippen molar-refractivity contribution in [3.05, 3.63) is 0 Å². The third-order valence-corrected chi connectivity index (χ3v) is 2.17. The highest BCUT2D eigenvalue weighted by Crippen LogP contribution is 2.41. The maximum atomic E-state index is 10.8. The Hall–Kier alpha value is -0.460. The van der Waals surface area contributed by atoms with Gasteiger partial charge in [-0.2, -0.15) is 0 Å². The van der Waals surface area contributed by atoms with Gasteiger partial charge in [0.15, 0.2) is 0 Å². The summed E-state index contributed by atoms with van der Waals surface area (Å²) < 4.78 is 19.2. The molecule has 1 amide bonds. The van der Waals surface area contributed by atoms with Crippen LogP contribution in [0.1, 0.15) is 0 Å². The minimum Gasteiger partial charge on any atom is -0.358 e. The number of likely N-dealkylation sites (N-methyl/N-ethyl adjacent to an activating group) is 1. The second-order valence-corrected chi connectivity index (χ2v) is 3.73. The molecule has 0 heterocycles. The second-order valence-electron chi connectivity index (χ2n) is 2.17. The molecule has 78 valence electrons. The Morgan fingerprint density at radius 1 is 1.77 bits per heavy atom. The number of carbonyl (C=O) groups is 1. The monoisotopic (exact) mass is 212 g/mol. The predicted octanol–water partition coefficient (Wildman–Crippen LogP) is -1.18. The van der Waals surface area contributed by atoms with Crippen LogP contribution in [0.25, 0.3) is 0 Å². The lowest BCUT2D eigenvalue weighted by Gasteiger charge is -2.12. The van der Waals surface area contributed by atoms with Gasteiger partial charge in [-0.05, 0) is 0 Å². The molecular formula is C5H13N2O5P. The van der Waals surface area contributed by atoms with Crippen molar-refractivity contribution in [2.45, 2.75) is 6.04 Å². The van der Waals surface area contributed by atoms with Crippen LogP contribution in [0.4, 0.5) is 0 Å². The van der Waals surface area contributed by atoms with Crippen molar-refractivity contribution in [3.63, 3.8) is 0 Å². The molecule has 0 radical (unpaired) electrons. The van der Waals surface area contributed by atoms with Crippen LogP contribution in [0.15, 0.2) is 0 Å². The van der Waals surface area contributed by atoms with E-state index in [4.69, 9.17) is 10.6 Å². The van der Waals surface area contributed by atoms with E-state index in [1.54, 1.807) is 0 Å². The number of phosphoric ester groups is 1. The average molecular weight is 212 g/mol. The highest BCUT2D eigenvalue weighted by atomic mass is 31.2. The standard InChI is InChI=1S/C5H13N2O5P/c1-7-5(8)4(6)3-12-13(9,10)11-2/h4H,3,6H2,1-2H3,(H,7,8)(H,9,10)/t4-/m0/s1. The Bertz CT molecular complexity index is 221. The van der Waals surface area contributed by atoms with E-state index < -0.39 is 19.8 Å². The molecule has 0 rings (SSSR count). The van der Waals surface area contributed by atoms with Crippen molar-refractivity contribution in [1.29, 1.82) is 0 Å². The van der Waals surface area contributed by atoms with Crippen molar-refractivity contribution in [2.75, 3.05) is 20.8 Å². The van der Waals surface area contributed by atoms with E-state index in [2.05, 4.69) is 14.4 Å². The van der Waals surface area contributed by atoms with E-state index >= 15 is 0 Å². The molecule has 0 spiro atoms. The van der Waals surface area contributed by atoms with Gasteiger partial charge >= 0.3 is 7.82 Å². The van der Waals surface area contributed by atoms with Crippen LogP contribution in [0.3, 0.4) is 0 Å². The zero-order valence-corrected chi connectivity index (χ0v) is 8.28. The van der Waals surface area contributed by atoms with Gasteiger partial charge in [-0.25, -0.2) is 4.57 Å². The molecule has 0 saturated heterocycles. The number of nitrogens with two attached hydrogens (primary N) is 1. The summed E-state index contributed by atoms with van der Waals surface area (Å²) in [5, 5.41) is 2.26. The quantitative estimate of drug-likeness (QED) is 0.495. The van der Waals surface area contributed by atoms with Crippen LogP contribution >= 0.6 is 7.82 Å².